The topological polar surface area (TPSA) is 67.8 Å². The number of nitrogens with one attached hydrogen (secondary N) is 1. The van der Waals surface area contributed by atoms with Gasteiger partial charge in [-0.1, -0.05) is 0 Å². The highest BCUT2D eigenvalue weighted by Crippen LogP contribution is 2.26. The van der Waals surface area contributed by atoms with E-state index in [1.165, 1.54) is 0 Å². The van der Waals surface area contributed by atoms with E-state index in [4.69, 9.17) is 14.6 Å². The van der Waals surface area contributed by atoms with Crippen LogP contribution in [0, 0.1) is 5.92 Å². The predicted octanol–water partition coefficient (Wildman–Crippen LogP) is -0.576. The number of hydrogen-bond acceptors (Lipinski definition) is 4. The largest absolute Gasteiger partial charge is 0.481 e. The standard InChI is InChI=1S/C8H13NO4/c10-7(11)1-6-2-12-8(13-3-6)4-9-5-8/h6,9H,1-5H2,(H,10,11). The van der Waals surface area contributed by atoms with E-state index in [0.717, 1.165) is 0 Å². The molecule has 0 aromatic heterocycles. The molecule has 2 aliphatic rings. The summed E-state index contributed by atoms with van der Waals surface area (Å²) in [5.41, 5.74) is 0. The molecule has 2 rings (SSSR count). The molecule has 5 nitrogen and oxygen atoms in total. The molecule has 0 aliphatic carbocycles. The Hall–Kier alpha value is -0.650. The molecule has 0 bridgehead atoms. The average Bonchev–Trinajstić information content (AvgIpc) is 2.02. The maximum absolute atomic E-state index is 10.4. The van der Waals surface area contributed by atoms with E-state index in [9.17, 15) is 4.79 Å². The first kappa shape index (κ1) is 8.93. The number of carboxylic acids is 1. The molecular formula is C8H13NO4. The van der Waals surface area contributed by atoms with Gasteiger partial charge in [0.1, 0.15) is 0 Å². The molecular weight excluding hydrogens is 174 g/mol. The van der Waals surface area contributed by atoms with E-state index in [1.54, 1.807) is 0 Å². The summed E-state index contributed by atoms with van der Waals surface area (Å²) in [6.07, 6.45) is 0.128. The summed E-state index contributed by atoms with van der Waals surface area (Å²) in [7, 11) is 0. The number of ether oxygens (including phenoxy) is 2. The minimum atomic E-state index is -0.792. The summed E-state index contributed by atoms with van der Waals surface area (Å²) in [5, 5.41) is 11.6. The fourth-order valence-corrected chi connectivity index (χ4v) is 1.53. The summed E-state index contributed by atoms with van der Waals surface area (Å²) >= 11 is 0. The first-order valence-electron chi connectivity index (χ1n) is 4.41. The lowest BCUT2D eigenvalue weighted by molar-refractivity contribution is -0.302. The third-order valence-electron chi connectivity index (χ3n) is 2.42. The Bertz CT molecular complexity index is 204. The van der Waals surface area contributed by atoms with Crippen LogP contribution in [0.4, 0.5) is 0 Å². The van der Waals surface area contributed by atoms with Gasteiger partial charge in [0, 0.05) is 5.92 Å². The maximum Gasteiger partial charge on any atom is 0.303 e. The Morgan fingerprint density at radius 1 is 1.46 bits per heavy atom. The van der Waals surface area contributed by atoms with Crippen molar-refractivity contribution in [1.82, 2.24) is 5.32 Å². The van der Waals surface area contributed by atoms with E-state index in [2.05, 4.69) is 5.32 Å². The molecule has 0 aromatic rings. The van der Waals surface area contributed by atoms with Crippen LogP contribution in [0.25, 0.3) is 0 Å². The van der Waals surface area contributed by atoms with Gasteiger partial charge in [-0.2, -0.15) is 0 Å². The van der Waals surface area contributed by atoms with Crippen molar-refractivity contribution >= 4 is 5.97 Å². The van der Waals surface area contributed by atoms with Gasteiger partial charge in [-0.25, -0.2) is 0 Å². The lowest BCUT2D eigenvalue weighted by Crippen LogP contribution is -2.65. The minimum absolute atomic E-state index is 0.00345. The van der Waals surface area contributed by atoms with Crippen molar-refractivity contribution in [3.05, 3.63) is 0 Å². The number of carboxylic acid groups (broad SMARTS) is 1. The molecule has 2 saturated heterocycles. The molecule has 0 amide bonds. The summed E-state index contributed by atoms with van der Waals surface area (Å²) in [6.45, 7) is 2.42. The SMILES string of the molecule is O=C(O)CC1COC2(CNC2)OC1. The number of aliphatic carboxylic acids is 1. The molecule has 1 spiro atoms. The molecule has 74 valence electrons. The Morgan fingerprint density at radius 3 is 2.46 bits per heavy atom. The Labute approximate surface area is 76.0 Å². The zero-order valence-corrected chi connectivity index (χ0v) is 7.28. The third-order valence-corrected chi connectivity index (χ3v) is 2.42. The summed E-state index contributed by atoms with van der Waals surface area (Å²) in [6, 6.07) is 0. The van der Waals surface area contributed by atoms with Gasteiger partial charge < -0.3 is 19.9 Å². The Balaban J connectivity index is 1.79. The van der Waals surface area contributed by atoms with Gasteiger partial charge in [-0.05, 0) is 0 Å². The number of carbonyl (C=O) groups is 1. The second kappa shape index (κ2) is 3.25. The van der Waals surface area contributed by atoms with Crippen LogP contribution in [0.5, 0.6) is 0 Å². The van der Waals surface area contributed by atoms with Gasteiger partial charge in [-0.3, -0.25) is 4.79 Å². The third kappa shape index (κ3) is 1.82. The van der Waals surface area contributed by atoms with Crippen LogP contribution >= 0.6 is 0 Å². The highest BCUT2D eigenvalue weighted by molar-refractivity contribution is 5.67. The fourth-order valence-electron chi connectivity index (χ4n) is 1.53. The predicted molar refractivity (Wildman–Crippen MR) is 43.2 cm³/mol. The van der Waals surface area contributed by atoms with Crippen LogP contribution in [-0.4, -0.2) is 43.2 Å². The molecule has 0 unspecified atom stereocenters. The molecule has 2 heterocycles. The van der Waals surface area contributed by atoms with Crippen LogP contribution in [0.1, 0.15) is 6.42 Å². The highest BCUT2D eigenvalue weighted by atomic mass is 16.7. The van der Waals surface area contributed by atoms with Crippen molar-refractivity contribution in [2.75, 3.05) is 26.3 Å². The van der Waals surface area contributed by atoms with Crippen LogP contribution in [0.15, 0.2) is 0 Å². The first-order valence-corrected chi connectivity index (χ1v) is 4.41. The Kier molecular flexibility index (Phi) is 2.23. The molecule has 13 heavy (non-hydrogen) atoms. The van der Waals surface area contributed by atoms with E-state index in [1.807, 2.05) is 0 Å². The lowest BCUT2D eigenvalue weighted by Gasteiger charge is -2.46. The van der Waals surface area contributed by atoms with Crippen molar-refractivity contribution in [2.45, 2.75) is 12.2 Å². The number of rotatable bonds is 2. The van der Waals surface area contributed by atoms with E-state index >= 15 is 0 Å². The highest BCUT2D eigenvalue weighted by Gasteiger charge is 2.43. The minimum Gasteiger partial charge on any atom is -0.481 e. The first-order chi connectivity index (χ1) is 6.20. The van der Waals surface area contributed by atoms with E-state index < -0.39 is 11.8 Å². The second-order valence-electron chi connectivity index (χ2n) is 3.60. The Morgan fingerprint density at radius 2 is 2.08 bits per heavy atom. The summed E-state index contributed by atoms with van der Waals surface area (Å²) in [4.78, 5) is 10.4. The van der Waals surface area contributed by atoms with Gasteiger partial charge in [0.05, 0.1) is 32.7 Å². The molecule has 5 heteroatoms. The van der Waals surface area contributed by atoms with Gasteiger partial charge >= 0.3 is 5.97 Å². The van der Waals surface area contributed by atoms with Gasteiger partial charge in [0.15, 0.2) is 5.79 Å². The molecule has 2 aliphatic heterocycles. The van der Waals surface area contributed by atoms with Gasteiger partial charge in [0.2, 0.25) is 0 Å². The van der Waals surface area contributed by atoms with Crippen LogP contribution in [0.2, 0.25) is 0 Å². The lowest BCUT2D eigenvalue weighted by atomic mass is 10.0. The monoisotopic (exact) mass is 187 g/mol. The van der Waals surface area contributed by atoms with E-state index in [-0.39, 0.29) is 12.3 Å². The van der Waals surface area contributed by atoms with Gasteiger partial charge in [-0.15, -0.1) is 0 Å². The van der Waals surface area contributed by atoms with Crippen molar-refractivity contribution in [3.8, 4) is 0 Å². The van der Waals surface area contributed by atoms with Crippen LogP contribution in [0.3, 0.4) is 0 Å². The summed E-state index contributed by atoms with van der Waals surface area (Å²) in [5.74, 6) is -1.22. The van der Waals surface area contributed by atoms with Crippen molar-refractivity contribution in [3.63, 3.8) is 0 Å². The van der Waals surface area contributed by atoms with Crippen LogP contribution in [-0.2, 0) is 14.3 Å². The molecule has 0 saturated carbocycles. The molecule has 2 fully saturated rings. The van der Waals surface area contributed by atoms with E-state index in [0.29, 0.717) is 26.3 Å². The smallest absolute Gasteiger partial charge is 0.303 e. The molecule has 0 atom stereocenters. The van der Waals surface area contributed by atoms with Crippen molar-refractivity contribution in [2.24, 2.45) is 5.92 Å². The zero-order chi connectivity index (χ0) is 9.31. The normalized spacial score (nSPS) is 27.1. The fraction of sp³-hybridized carbons (Fsp3) is 0.875. The average molecular weight is 187 g/mol. The van der Waals surface area contributed by atoms with Crippen molar-refractivity contribution < 1.29 is 19.4 Å². The maximum atomic E-state index is 10.4. The zero-order valence-electron chi connectivity index (χ0n) is 7.28. The summed E-state index contributed by atoms with van der Waals surface area (Å²) < 4.78 is 10.9. The second-order valence-corrected chi connectivity index (χ2v) is 3.60. The molecule has 0 radical (unpaired) electrons. The van der Waals surface area contributed by atoms with Crippen molar-refractivity contribution in [1.29, 1.82) is 0 Å². The van der Waals surface area contributed by atoms with Crippen LogP contribution < -0.4 is 5.32 Å². The quantitative estimate of drug-likeness (QED) is 0.605. The van der Waals surface area contributed by atoms with Gasteiger partial charge in [0.25, 0.3) is 0 Å². The molecule has 0 aromatic carbocycles. The number of hydrogen-bond donors (Lipinski definition) is 2. The molecule has 2 N–H and O–H groups in total.